The molecule has 0 atom stereocenters. The molecular weight excluding hydrogens is 586 g/mol. The SMILES string of the molecule is CC(C)(C)OC(=O)N=C(N(CCCCBr)C(=O)OC(C)(C)C)N(CCCCBr)C(=O)OC(C)(C)C. The fourth-order valence-electron chi connectivity index (χ4n) is 2.54. The number of alkyl halides is 2. The Bertz CT molecular complexity index is 680. The Kier molecular flexibility index (Phi) is 14.4. The lowest BCUT2D eigenvalue weighted by atomic mass is 10.2. The van der Waals surface area contributed by atoms with Crippen molar-refractivity contribution < 1.29 is 28.6 Å². The van der Waals surface area contributed by atoms with Gasteiger partial charge in [0.05, 0.1) is 0 Å². The summed E-state index contributed by atoms with van der Waals surface area (Å²) in [5, 5.41) is 1.46. The highest BCUT2D eigenvalue weighted by Crippen LogP contribution is 2.18. The Balaban J connectivity index is 6.64. The van der Waals surface area contributed by atoms with E-state index in [0.29, 0.717) is 12.8 Å². The molecule has 35 heavy (non-hydrogen) atoms. The second-order valence-corrected chi connectivity index (χ2v) is 12.5. The van der Waals surface area contributed by atoms with Crippen LogP contribution in [0, 0.1) is 0 Å². The number of carbonyl (C=O) groups excluding carboxylic acids is 3. The van der Waals surface area contributed by atoms with Gasteiger partial charge >= 0.3 is 18.3 Å². The van der Waals surface area contributed by atoms with Crippen molar-refractivity contribution in [1.29, 1.82) is 0 Å². The molecule has 0 heterocycles. The first-order valence-corrected chi connectivity index (χ1v) is 14.1. The van der Waals surface area contributed by atoms with E-state index in [0.717, 1.165) is 23.5 Å². The van der Waals surface area contributed by atoms with Crippen LogP contribution in [0.3, 0.4) is 0 Å². The van der Waals surface area contributed by atoms with Crippen LogP contribution in [0.5, 0.6) is 0 Å². The molecule has 0 aromatic heterocycles. The molecule has 0 bridgehead atoms. The van der Waals surface area contributed by atoms with E-state index in [1.165, 1.54) is 9.80 Å². The Morgan fingerprint density at radius 1 is 0.629 bits per heavy atom. The van der Waals surface area contributed by atoms with Crippen molar-refractivity contribution >= 4 is 56.1 Å². The maximum atomic E-state index is 13.3. The molecule has 0 fully saturated rings. The van der Waals surface area contributed by atoms with E-state index in [1.54, 1.807) is 62.3 Å². The van der Waals surface area contributed by atoms with Crippen molar-refractivity contribution in [2.45, 2.75) is 105 Å². The first kappa shape index (κ1) is 33.6. The highest BCUT2D eigenvalue weighted by molar-refractivity contribution is 9.09. The first-order chi connectivity index (χ1) is 15.9. The summed E-state index contributed by atoms with van der Waals surface area (Å²) < 4.78 is 16.6. The zero-order valence-corrected chi connectivity index (χ0v) is 25.9. The third-order valence-electron chi connectivity index (χ3n) is 3.83. The summed E-state index contributed by atoms with van der Waals surface area (Å²) >= 11 is 6.79. The van der Waals surface area contributed by atoms with Crippen LogP contribution in [0.1, 0.15) is 88.0 Å². The number of halogens is 2. The van der Waals surface area contributed by atoms with Gasteiger partial charge in [-0.3, -0.25) is 0 Å². The minimum Gasteiger partial charge on any atom is -0.443 e. The van der Waals surface area contributed by atoms with Gasteiger partial charge in [0.15, 0.2) is 0 Å². The molecule has 0 N–H and O–H groups in total. The minimum absolute atomic E-state index is 0.174. The second kappa shape index (κ2) is 15.0. The molecule has 0 unspecified atom stereocenters. The standard InChI is InChI=1S/C24H43Br2N3O6/c1-22(2,3)33-19(30)27-18(28(16-12-10-14-25)20(31)34-23(4,5)6)29(17-13-11-15-26)21(32)35-24(7,8)9/h10-17H2,1-9H3. The average molecular weight is 629 g/mol. The Hall–Kier alpha value is -1.36. The fraction of sp³-hybridized carbons (Fsp3) is 0.833. The molecule has 204 valence electrons. The topological polar surface area (TPSA) is 97.7 Å². The molecule has 9 nitrogen and oxygen atoms in total. The van der Waals surface area contributed by atoms with Gasteiger partial charge in [-0.25, -0.2) is 24.2 Å². The largest absolute Gasteiger partial charge is 0.443 e. The van der Waals surface area contributed by atoms with Crippen molar-refractivity contribution in [3.05, 3.63) is 0 Å². The molecule has 0 saturated heterocycles. The Labute approximate surface area is 227 Å². The maximum Gasteiger partial charge on any atom is 0.437 e. The van der Waals surface area contributed by atoms with Crippen LogP contribution in [0.4, 0.5) is 14.4 Å². The number of hydrogen-bond donors (Lipinski definition) is 0. The summed E-state index contributed by atoms with van der Waals surface area (Å²) in [4.78, 5) is 45.9. The smallest absolute Gasteiger partial charge is 0.437 e. The predicted molar refractivity (Wildman–Crippen MR) is 146 cm³/mol. The molecule has 3 amide bonds. The second-order valence-electron chi connectivity index (χ2n) is 10.9. The highest BCUT2D eigenvalue weighted by atomic mass is 79.9. The third-order valence-corrected chi connectivity index (χ3v) is 4.95. The summed E-state index contributed by atoms with van der Waals surface area (Å²) in [6, 6.07) is 0. The zero-order chi connectivity index (χ0) is 27.4. The van der Waals surface area contributed by atoms with Crippen LogP contribution >= 0.6 is 31.9 Å². The number of unbranched alkanes of at least 4 members (excludes halogenated alkanes) is 2. The van der Waals surface area contributed by atoms with Crippen LogP contribution < -0.4 is 0 Å². The fourth-order valence-corrected chi connectivity index (χ4v) is 3.33. The summed E-state index contributed by atoms with van der Waals surface area (Å²) in [5.41, 5.74) is -2.41. The lowest BCUT2D eigenvalue weighted by Gasteiger charge is -2.34. The minimum atomic E-state index is -0.921. The number of carbonyl (C=O) groups is 3. The molecule has 11 heteroatoms. The maximum absolute atomic E-state index is 13.3. The van der Waals surface area contributed by atoms with Crippen molar-refractivity contribution in [3.63, 3.8) is 0 Å². The zero-order valence-electron chi connectivity index (χ0n) is 22.7. The van der Waals surface area contributed by atoms with E-state index < -0.39 is 35.1 Å². The molecule has 0 saturated carbocycles. The van der Waals surface area contributed by atoms with Gasteiger partial charge in [-0.1, -0.05) is 31.9 Å². The Morgan fingerprint density at radius 3 is 1.26 bits per heavy atom. The van der Waals surface area contributed by atoms with Gasteiger partial charge in [-0.2, -0.15) is 0 Å². The van der Waals surface area contributed by atoms with Crippen molar-refractivity contribution in [3.8, 4) is 0 Å². The summed E-state index contributed by atoms with van der Waals surface area (Å²) in [5.74, 6) is -0.174. The van der Waals surface area contributed by atoms with E-state index in [4.69, 9.17) is 14.2 Å². The summed E-state index contributed by atoms with van der Waals surface area (Å²) in [6.07, 6.45) is 0.329. The number of guanidine groups is 1. The van der Waals surface area contributed by atoms with Crippen molar-refractivity contribution in [2.24, 2.45) is 4.99 Å². The van der Waals surface area contributed by atoms with Crippen molar-refractivity contribution in [2.75, 3.05) is 23.7 Å². The quantitative estimate of drug-likeness (QED) is 0.0935. The summed E-state index contributed by atoms with van der Waals surface area (Å²) in [6.45, 7) is 16.0. The number of nitrogens with zero attached hydrogens (tertiary/aromatic N) is 3. The van der Waals surface area contributed by atoms with Crippen LogP contribution in [0.2, 0.25) is 0 Å². The molecule has 0 aliphatic heterocycles. The predicted octanol–water partition coefficient (Wildman–Crippen LogP) is 7.10. The number of rotatable bonds is 8. The van der Waals surface area contributed by atoms with Gasteiger partial charge in [0.1, 0.15) is 16.8 Å². The van der Waals surface area contributed by atoms with Gasteiger partial charge in [0.2, 0.25) is 5.96 Å². The molecule has 0 aromatic rings. The number of ether oxygens (including phenoxy) is 3. The van der Waals surface area contributed by atoms with Gasteiger partial charge in [0, 0.05) is 23.7 Å². The van der Waals surface area contributed by atoms with Gasteiger partial charge in [0.25, 0.3) is 0 Å². The van der Waals surface area contributed by atoms with E-state index in [1.807, 2.05) is 0 Å². The Morgan fingerprint density at radius 2 is 0.971 bits per heavy atom. The average Bonchev–Trinajstić information content (AvgIpc) is 2.63. The van der Waals surface area contributed by atoms with Gasteiger partial charge in [-0.15, -0.1) is 4.99 Å². The lowest BCUT2D eigenvalue weighted by molar-refractivity contribution is 0.0273. The highest BCUT2D eigenvalue weighted by Gasteiger charge is 2.35. The normalized spacial score (nSPS) is 12.0. The van der Waals surface area contributed by atoms with E-state index in [2.05, 4.69) is 36.9 Å². The molecule has 0 radical (unpaired) electrons. The third kappa shape index (κ3) is 16.1. The molecular formula is C24H43Br2N3O6. The van der Waals surface area contributed by atoms with Gasteiger partial charge in [-0.05, 0) is 88.0 Å². The lowest BCUT2D eigenvalue weighted by Crippen LogP contribution is -2.53. The monoisotopic (exact) mass is 627 g/mol. The number of amides is 3. The van der Waals surface area contributed by atoms with Crippen LogP contribution in [-0.2, 0) is 14.2 Å². The van der Waals surface area contributed by atoms with Crippen LogP contribution in [-0.4, -0.2) is 74.6 Å². The molecule has 0 rings (SSSR count). The van der Waals surface area contributed by atoms with Crippen LogP contribution in [0.25, 0.3) is 0 Å². The summed E-state index contributed by atoms with van der Waals surface area (Å²) in [7, 11) is 0. The van der Waals surface area contributed by atoms with E-state index >= 15 is 0 Å². The van der Waals surface area contributed by atoms with E-state index in [9.17, 15) is 14.4 Å². The van der Waals surface area contributed by atoms with Gasteiger partial charge < -0.3 is 14.2 Å². The molecule has 0 aliphatic rings. The number of hydrogen-bond acceptors (Lipinski definition) is 6. The van der Waals surface area contributed by atoms with Crippen molar-refractivity contribution in [1.82, 2.24) is 9.80 Å². The first-order valence-electron chi connectivity index (χ1n) is 11.8. The molecule has 0 aromatic carbocycles. The molecule has 0 spiro atoms. The van der Waals surface area contributed by atoms with Crippen LogP contribution in [0.15, 0.2) is 4.99 Å². The molecule has 0 aliphatic carbocycles. The number of aliphatic imine (C=N–C) groups is 1. The van der Waals surface area contributed by atoms with E-state index in [-0.39, 0.29) is 19.0 Å².